The Hall–Kier alpha value is -3.03. The van der Waals surface area contributed by atoms with Crippen LogP contribution in [0.2, 0.25) is 0 Å². The molecular weight excluding hydrogens is 359 g/mol. The lowest BCUT2D eigenvalue weighted by Crippen LogP contribution is -2.28. The van der Waals surface area contributed by atoms with Crippen molar-refractivity contribution in [3.05, 3.63) is 48.2 Å². The number of aromatic nitrogens is 3. The van der Waals surface area contributed by atoms with Gasteiger partial charge in [0.1, 0.15) is 0 Å². The summed E-state index contributed by atoms with van der Waals surface area (Å²) in [4.78, 5) is 26.1. The molecule has 2 aromatic rings. The lowest BCUT2D eigenvalue weighted by molar-refractivity contribution is -0.116. The van der Waals surface area contributed by atoms with Crippen LogP contribution in [0.5, 0.6) is 0 Å². The van der Waals surface area contributed by atoms with Crippen LogP contribution in [0, 0.1) is 23.6 Å². The molecule has 0 bridgehead atoms. The Kier molecular flexibility index (Phi) is 5.18. The van der Waals surface area contributed by atoms with E-state index in [4.69, 9.17) is 0 Å². The van der Waals surface area contributed by atoms with E-state index in [9.17, 15) is 9.18 Å². The van der Waals surface area contributed by atoms with Gasteiger partial charge in [0.25, 0.3) is 0 Å². The fraction of sp³-hybridized carbons (Fsp3) is 0.400. The van der Waals surface area contributed by atoms with E-state index in [0.717, 1.165) is 25.1 Å². The van der Waals surface area contributed by atoms with Crippen molar-refractivity contribution >= 4 is 23.7 Å². The average molecular weight is 382 g/mol. The molecule has 4 rings (SSSR count). The van der Waals surface area contributed by atoms with E-state index < -0.39 is 0 Å². The van der Waals surface area contributed by atoms with Crippen LogP contribution in [0.1, 0.15) is 12.0 Å². The maximum atomic E-state index is 14.0. The van der Waals surface area contributed by atoms with Crippen LogP contribution in [-0.2, 0) is 4.79 Å². The van der Waals surface area contributed by atoms with Crippen molar-refractivity contribution in [2.75, 3.05) is 36.9 Å². The van der Waals surface area contributed by atoms with Gasteiger partial charge in [-0.2, -0.15) is 4.98 Å². The van der Waals surface area contributed by atoms with Gasteiger partial charge >= 0.3 is 0 Å². The molecule has 1 aliphatic carbocycles. The largest absolute Gasteiger partial charge is 0.357 e. The number of rotatable bonds is 7. The molecule has 2 N–H and O–H groups in total. The molecule has 1 amide bonds. The van der Waals surface area contributed by atoms with Crippen molar-refractivity contribution in [3.8, 4) is 0 Å². The molecule has 0 radical (unpaired) electrons. The molecule has 0 spiro atoms. The van der Waals surface area contributed by atoms with Crippen LogP contribution >= 0.6 is 0 Å². The predicted molar refractivity (Wildman–Crippen MR) is 105 cm³/mol. The lowest BCUT2D eigenvalue weighted by atomic mass is 10.2. The molecule has 2 fully saturated rings. The van der Waals surface area contributed by atoms with Crippen molar-refractivity contribution in [2.24, 2.45) is 17.8 Å². The van der Waals surface area contributed by atoms with Crippen molar-refractivity contribution in [1.29, 1.82) is 0 Å². The minimum Gasteiger partial charge on any atom is -0.357 e. The summed E-state index contributed by atoms with van der Waals surface area (Å²) in [6.45, 7) is 2.27. The average Bonchev–Trinajstić information content (AvgIpc) is 3.16. The molecule has 3 heterocycles. The van der Waals surface area contributed by atoms with Crippen LogP contribution in [0.25, 0.3) is 6.08 Å². The van der Waals surface area contributed by atoms with E-state index in [-0.39, 0.29) is 11.7 Å². The van der Waals surface area contributed by atoms with Crippen LogP contribution in [0.4, 0.5) is 16.2 Å². The van der Waals surface area contributed by atoms with Gasteiger partial charge in [-0.05, 0) is 41.9 Å². The summed E-state index contributed by atoms with van der Waals surface area (Å²) < 4.78 is 14.0. The second kappa shape index (κ2) is 7.92. The monoisotopic (exact) mass is 382 g/mol. The fourth-order valence-corrected chi connectivity index (χ4v) is 4.02. The Morgan fingerprint density at radius 2 is 2.18 bits per heavy atom. The molecule has 1 saturated carbocycles. The molecular formula is C20H23FN6O. The van der Waals surface area contributed by atoms with Gasteiger partial charge < -0.3 is 15.5 Å². The third kappa shape index (κ3) is 3.95. The zero-order valence-corrected chi connectivity index (χ0v) is 15.7. The second-order valence-corrected chi connectivity index (χ2v) is 7.21. The third-order valence-electron chi connectivity index (χ3n) is 5.51. The number of halogens is 1. The van der Waals surface area contributed by atoms with E-state index in [1.54, 1.807) is 25.5 Å². The highest BCUT2D eigenvalue weighted by atomic mass is 19.1. The topological polar surface area (TPSA) is 83.0 Å². The number of carbonyl (C=O) groups is 1. The molecule has 1 aliphatic heterocycles. The highest BCUT2D eigenvalue weighted by Crippen LogP contribution is 2.54. The number of hydrogen-bond acceptors (Lipinski definition) is 6. The van der Waals surface area contributed by atoms with Crippen molar-refractivity contribution < 1.29 is 9.18 Å². The normalized spacial score (nSPS) is 22.9. The van der Waals surface area contributed by atoms with E-state index >= 15 is 0 Å². The molecule has 0 unspecified atom stereocenters. The predicted octanol–water partition coefficient (Wildman–Crippen LogP) is 1.95. The number of amides is 1. The molecule has 28 heavy (non-hydrogen) atoms. The quantitative estimate of drug-likeness (QED) is 0.713. The zero-order valence-electron chi connectivity index (χ0n) is 15.7. The Morgan fingerprint density at radius 1 is 1.36 bits per heavy atom. The van der Waals surface area contributed by atoms with Crippen LogP contribution in [0.3, 0.4) is 0 Å². The highest BCUT2D eigenvalue weighted by molar-refractivity contribution is 5.91. The number of hydrogen-bond donors (Lipinski definition) is 2. The lowest BCUT2D eigenvalue weighted by Gasteiger charge is -2.21. The SMILES string of the molecule is CNc1ncc(F)c(N2C[C@@H]3[C@@H](CCNC(=O)/C=C/c4cccnc4)[C@@H]3C2)n1. The number of nitrogens with one attached hydrogen (secondary N) is 2. The van der Waals surface area contributed by atoms with Crippen LogP contribution in [-0.4, -0.2) is 47.5 Å². The first-order valence-electron chi connectivity index (χ1n) is 9.47. The first kappa shape index (κ1) is 18.3. The summed E-state index contributed by atoms with van der Waals surface area (Å²) in [5, 5.41) is 5.78. The fourth-order valence-electron chi connectivity index (χ4n) is 4.02. The maximum Gasteiger partial charge on any atom is 0.244 e. The third-order valence-corrected chi connectivity index (χ3v) is 5.51. The summed E-state index contributed by atoms with van der Waals surface area (Å²) in [5.41, 5.74) is 0.896. The van der Waals surface area contributed by atoms with E-state index in [1.807, 2.05) is 17.0 Å². The molecule has 2 aromatic heterocycles. The van der Waals surface area contributed by atoms with E-state index in [1.165, 1.54) is 12.3 Å². The van der Waals surface area contributed by atoms with Gasteiger partial charge in [-0.3, -0.25) is 9.78 Å². The Bertz CT molecular complexity index is 862. The number of carbonyl (C=O) groups excluding carboxylic acids is 1. The number of piperidine rings is 1. The maximum absolute atomic E-state index is 14.0. The van der Waals surface area contributed by atoms with Crippen LogP contribution < -0.4 is 15.5 Å². The highest BCUT2D eigenvalue weighted by Gasteiger charge is 2.55. The zero-order chi connectivity index (χ0) is 19.5. The standard InChI is InChI=1S/C20H23FN6O/c1-22-20-25-10-17(21)19(26-20)27-11-15-14(16(15)12-27)6-8-24-18(28)5-4-13-3-2-7-23-9-13/h2-5,7,9-10,14-16H,6,8,11-12H2,1H3,(H,24,28)(H,22,25,26)/b5-4+/t14-,15-,16+. The molecule has 3 atom stereocenters. The first-order valence-corrected chi connectivity index (χ1v) is 9.47. The van der Waals surface area contributed by atoms with Gasteiger partial charge in [-0.25, -0.2) is 9.37 Å². The Morgan fingerprint density at radius 3 is 2.89 bits per heavy atom. The summed E-state index contributed by atoms with van der Waals surface area (Å²) in [5.74, 6) is 2.01. The van der Waals surface area contributed by atoms with Gasteiger partial charge in [-0.1, -0.05) is 6.07 Å². The summed E-state index contributed by atoms with van der Waals surface area (Å²) >= 11 is 0. The van der Waals surface area contributed by atoms with Crippen molar-refractivity contribution in [3.63, 3.8) is 0 Å². The summed E-state index contributed by atoms with van der Waals surface area (Å²) in [7, 11) is 1.72. The first-order chi connectivity index (χ1) is 13.7. The number of anilines is 2. The summed E-state index contributed by atoms with van der Waals surface area (Å²) in [6.07, 6.45) is 8.85. The Labute approximate surface area is 163 Å². The summed E-state index contributed by atoms with van der Waals surface area (Å²) in [6, 6.07) is 3.73. The smallest absolute Gasteiger partial charge is 0.244 e. The van der Waals surface area contributed by atoms with E-state index in [0.29, 0.717) is 36.1 Å². The van der Waals surface area contributed by atoms with Gasteiger partial charge in [0.2, 0.25) is 11.9 Å². The van der Waals surface area contributed by atoms with Gasteiger partial charge in [0, 0.05) is 45.2 Å². The molecule has 7 nitrogen and oxygen atoms in total. The second-order valence-electron chi connectivity index (χ2n) is 7.21. The van der Waals surface area contributed by atoms with Gasteiger partial charge in [0.15, 0.2) is 11.6 Å². The molecule has 1 saturated heterocycles. The minimum absolute atomic E-state index is 0.0982. The van der Waals surface area contributed by atoms with Crippen molar-refractivity contribution in [1.82, 2.24) is 20.3 Å². The molecule has 2 aliphatic rings. The van der Waals surface area contributed by atoms with Crippen LogP contribution in [0.15, 0.2) is 36.8 Å². The molecule has 8 heteroatoms. The minimum atomic E-state index is -0.385. The number of pyridine rings is 1. The van der Waals surface area contributed by atoms with Gasteiger partial charge in [-0.15, -0.1) is 0 Å². The Balaban J connectivity index is 1.21. The van der Waals surface area contributed by atoms with Gasteiger partial charge in [0.05, 0.1) is 6.20 Å². The van der Waals surface area contributed by atoms with Crippen molar-refractivity contribution in [2.45, 2.75) is 6.42 Å². The molecule has 146 valence electrons. The van der Waals surface area contributed by atoms with E-state index in [2.05, 4.69) is 25.6 Å². The number of nitrogens with zero attached hydrogens (tertiary/aromatic N) is 4. The number of fused-ring (bicyclic) bond motifs is 1. The molecule has 0 aromatic carbocycles.